The highest BCUT2D eigenvalue weighted by Crippen LogP contribution is 2.25. The molecule has 5 nitrogen and oxygen atoms in total. The highest BCUT2D eigenvalue weighted by Gasteiger charge is 2.14. The monoisotopic (exact) mass is 467 g/mol. The van der Waals surface area contributed by atoms with Crippen LogP contribution < -0.4 is 15.8 Å². The molecule has 5 heteroatoms. The first kappa shape index (κ1) is 23.2. The van der Waals surface area contributed by atoms with E-state index in [0.717, 1.165) is 67.5 Å². The average Bonchev–Trinajstić information content (AvgIpc) is 2.88. The molecule has 0 saturated carbocycles. The number of anilines is 1. The fourth-order valence-corrected chi connectivity index (χ4v) is 5.08. The van der Waals surface area contributed by atoms with E-state index >= 15 is 0 Å². The Hall–Kier alpha value is -3.60. The molecule has 0 unspecified atom stereocenters. The largest absolute Gasteiger partial charge is 0.372 e. The number of benzene rings is 3. The van der Waals surface area contributed by atoms with Crippen LogP contribution in [0.1, 0.15) is 52.0 Å². The SMILES string of the molecule is CCCCN(CCCC)c1ccc2[nH]c3cc4c(=O)c5cccc(CC)c5[nH]c4cc3c(=O)c2c1. The lowest BCUT2D eigenvalue weighted by molar-refractivity contribution is 0.678. The van der Waals surface area contributed by atoms with E-state index in [-0.39, 0.29) is 10.9 Å². The molecule has 0 aliphatic heterocycles. The van der Waals surface area contributed by atoms with E-state index in [0.29, 0.717) is 32.6 Å². The number of aromatic nitrogens is 2. The molecule has 0 spiro atoms. The van der Waals surface area contributed by atoms with Crippen LogP contribution >= 0.6 is 0 Å². The Kier molecular flexibility index (Phi) is 6.33. The van der Waals surface area contributed by atoms with Crippen molar-refractivity contribution in [3.05, 3.63) is 74.5 Å². The summed E-state index contributed by atoms with van der Waals surface area (Å²) >= 11 is 0. The first-order valence-corrected chi connectivity index (χ1v) is 12.9. The van der Waals surface area contributed by atoms with E-state index in [2.05, 4.69) is 41.7 Å². The predicted molar refractivity (Wildman–Crippen MR) is 149 cm³/mol. The molecule has 2 heterocycles. The normalized spacial score (nSPS) is 11.7. The first-order valence-electron chi connectivity index (χ1n) is 12.9. The van der Waals surface area contributed by atoms with Gasteiger partial charge in [0.1, 0.15) is 0 Å². The van der Waals surface area contributed by atoms with Crippen molar-refractivity contribution < 1.29 is 0 Å². The number of hydrogen-bond donors (Lipinski definition) is 2. The van der Waals surface area contributed by atoms with Gasteiger partial charge in [0.05, 0.1) is 16.6 Å². The van der Waals surface area contributed by atoms with Gasteiger partial charge in [-0.05, 0) is 61.2 Å². The van der Waals surface area contributed by atoms with Gasteiger partial charge in [0.2, 0.25) is 0 Å². The maximum atomic E-state index is 13.7. The summed E-state index contributed by atoms with van der Waals surface area (Å²) in [7, 11) is 0. The number of aromatic amines is 2. The fraction of sp³-hybridized carbons (Fsp3) is 0.333. The zero-order valence-corrected chi connectivity index (χ0v) is 20.8. The number of para-hydroxylation sites is 1. The summed E-state index contributed by atoms with van der Waals surface area (Å²) < 4.78 is 0. The molecule has 35 heavy (non-hydrogen) atoms. The smallest absolute Gasteiger partial charge is 0.197 e. The van der Waals surface area contributed by atoms with Gasteiger partial charge in [-0.25, -0.2) is 0 Å². The molecule has 0 saturated heterocycles. The molecule has 2 N–H and O–H groups in total. The van der Waals surface area contributed by atoms with Crippen LogP contribution in [0.5, 0.6) is 0 Å². The third kappa shape index (κ3) is 4.09. The van der Waals surface area contributed by atoms with Gasteiger partial charge in [-0.3, -0.25) is 9.59 Å². The summed E-state index contributed by atoms with van der Waals surface area (Å²) in [6.07, 6.45) is 5.36. The van der Waals surface area contributed by atoms with Crippen LogP contribution in [0.4, 0.5) is 5.69 Å². The summed E-state index contributed by atoms with van der Waals surface area (Å²) in [6, 6.07) is 15.6. The number of hydrogen-bond acceptors (Lipinski definition) is 3. The second kappa shape index (κ2) is 9.57. The van der Waals surface area contributed by atoms with Gasteiger partial charge in [0.25, 0.3) is 0 Å². The Morgan fingerprint density at radius 3 is 1.97 bits per heavy atom. The molecular weight excluding hydrogens is 434 g/mol. The Morgan fingerprint density at radius 1 is 0.686 bits per heavy atom. The van der Waals surface area contributed by atoms with E-state index in [1.165, 1.54) is 0 Å². The molecule has 5 rings (SSSR count). The van der Waals surface area contributed by atoms with Crippen molar-refractivity contribution in [2.45, 2.75) is 52.9 Å². The maximum absolute atomic E-state index is 13.7. The number of nitrogens with one attached hydrogen (secondary N) is 2. The van der Waals surface area contributed by atoms with Gasteiger partial charge >= 0.3 is 0 Å². The van der Waals surface area contributed by atoms with Crippen LogP contribution in [0.2, 0.25) is 0 Å². The van der Waals surface area contributed by atoms with Crippen molar-refractivity contribution in [3.63, 3.8) is 0 Å². The van der Waals surface area contributed by atoms with E-state index in [1.807, 2.05) is 42.5 Å². The highest BCUT2D eigenvalue weighted by atomic mass is 16.1. The van der Waals surface area contributed by atoms with Gasteiger partial charge < -0.3 is 14.9 Å². The van der Waals surface area contributed by atoms with Crippen LogP contribution in [0.15, 0.2) is 58.1 Å². The third-order valence-corrected chi connectivity index (χ3v) is 7.13. The topological polar surface area (TPSA) is 69.0 Å². The second-order valence-electron chi connectivity index (χ2n) is 9.47. The van der Waals surface area contributed by atoms with Crippen molar-refractivity contribution in [2.24, 2.45) is 0 Å². The Bertz CT molecular complexity index is 1650. The minimum atomic E-state index is -0.00951. The fourth-order valence-electron chi connectivity index (χ4n) is 5.08. The Morgan fingerprint density at radius 2 is 1.31 bits per heavy atom. The van der Waals surface area contributed by atoms with E-state index in [9.17, 15) is 9.59 Å². The van der Waals surface area contributed by atoms with Crippen molar-refractivity contribution >= 4 is 49.3 Å². The lowest BCUT2D eigenvalue weighted by Crippen LogP contribution is -2.25. The molecule has 5 aromatic rings. The summed E-state index contributed by atoms with van der Waals surface area (Å²) in [5.74, 6) is 0. The van der Waals surface area contributed by atoms with Crippen molar-refractivity contribution in [3.8, 4) is 0 Å². The summed E-state index contributed by atoms with van der Waals surface area (Å²) in [4.78, 5) is 36.3. The van der Waals surface area contributed by atoms with Crippen molar-refractivity contribution in [1.29, 1.82) is 0 Å². The van der Waals surface area contributed by atoms with Gasteiger partial charge in [-0.2, -0.15) is 0 Å². The second-order valence-corrected chi connectivity index (χ2v) is 9.47. The molecule has 0 atom stereocenters. The highest BCUT2D eigenvalue weighted by molar-refractivity contribution is 6.03. The Balaban J connectivity index is 1.72. The lowest BCUT2D eigenvalue weighted by Gasteiger charge is -2.25. The van der Waals surface area contributed by atoms with Gasteiger partial charge in [-0.15, -0.1) is 0 Å². The first-order chi connectivity index (χ1) is 17.0. The molecule has 2 aromatic heterocycles. The predicted octanol–water partition coefficient (Wildman–Crippen LogP) is 6.65. The minimum Gasteiger partial charge on any atom is -0.372 e. The quantitative estimate of drug-likeness (QED) is 0.251. The molecule has 3 aromatic carbocycles. The molecular formula is C30H33N3O2. The number of rotatable bonds is 8. The zero-order valence-electron chi connectivity index (χ0n) is 20.8. The molecule has 0 amide bonds. The number of pyridine rings is 2. The molecule has 0 radical (unpaired) electrons. The lowest BCUT2D eigenvalue weighted by atomic mass is 10.0. The van der Waals surface area contributed by atoms with Gasteiger partial charge in [-0.1, -0.05) is 45.7 Å². The number of fused-ring (bicyclic) bond motifs is 4. The van der Waals surface area contributed by atoms with Crippen LogP contribution in [0.25, 0.3) is 43.6 Å². The third-order valence-electron chi connectivity index (χ3n) is 7.13. The van der Waals surface area contributed by atoms with Crippen LogP contribution in [0, 0.1) is 0 Å². The van der Waals surface area contributed by atoms with Gasteiger partial charge in [0, 0.05) is 45.8 Å². The zero-order chi connectivity index (χ0) is 24.5. The minimum absolute atomic E-state index is 0.00634. The number of aryl methyl sites for hydroxylation is 1. The van der Waals surface area contributed by atoms with E-state index < -0.39 is 0 Å². The van der Waals surface area contributed by atoms with Crippen LogP contribution in [-0.4, -0.2) is 23.1 Å². The molecule has 0 bridgehead atoms. The summed E-state index contributed by atoms with van der Waals surface area (Å²) in [5, 5.41) is 2.56. The van der Waals surface area contributed by atoms with Crippen molar-refractivity contribution in [1.82, 2.24) is 9.97 Å². The number of nitrogens with zero attached hydrogens (tertiary/aromatic N) is 1. The maximum Gasteiger partial charge on any atom is 0.197 e. The van der Waals surface area contributed by atoms with E-state index in [1.54, 1.807) is 0 Å². The van der Waals surface area contributed by atoms with Crippen LogP contribution in [-0.2, 0) is 6.42 Å². The standard InChI is InChI=1S/C30H33N3O2/c1-4-7-14-33(15-8-5-2)20-12-13-25-22(16-20)30(35)23-18-27-24(17-26(23)31-25)29(34)21-11-9-10-19(6-3)28(21)32-27/h9-13,16-18H,4-8,14-15H2,1-3H3,(H,31,35)(H,32,34). The van der Waals surface area contributed by atoms with Gasteiger partial charge in [0.15, 0.2) is 10.9 Å². The number of H-pyrrole nitrogens is 2. The number of unbranched alkanes of at least 4 members (excludes halogenated alkanes) is 2. The Labute approximate surface area is 204 Å². The van der Waals surface area contributed by atoms with Crippen LogP contribution in [0.3, 0.4) is 0 Å². The molecule has 180 valence electrons. The summed E-state index contributed by atoms with van der Waals surface area (Å²) in [5.41, 5.74) is 5.21. The van der Waals surface area contributed by atoms with Crippen molar-refractivity contribution in [2.75, 3.05) is 18.0 Å². The van der Waals surface area contributed by atoms with E-state index in [4.69, 9.17) is 0 Å². The average molecular weight is 468 g/mol. The molecule has 0 aliphatic rings. The molecule has 0 fully saturated rings. The molecule has 0 aliphatic carbocycles. The summed E-state index contributed by atoms with van der Waals surface area (Å²) in [6.45, 7) is 8.47.